The number of benzene rings is 1. The first-order valence-electron chi connectivity index (χ1n) is 6.14. The highest BCUT2D eigenvalue weighted by molar-refractivity contribution is 5.91. The maximum absolute atomic E-state index is 11.2. The molecule has 0 bridgehead atoms. The van der Waals surface area contributed by atoms with Crippen LogP contribution in [0, 0.1) is 0 Å². The first kappa shape index (κ1) is 14.8. The predicted octanol–water partition coefficient (Wildman–Crippen LogP) is 3.34. The lowest BCUT2D eigenvalue weighted by atomic mass is 9.99. The van der Waals surface area contributed by atoms with Gasteiger partial charge in [0, 0.05) is 5.69 Å². The van der Waals surface area contributed by atoms with Gasteiger partial charge in [-0.25, -0.2) is 4.79 Å². The highest BCUT2D eigenvalue weighted by Gasteiger charge is 2.09. The van der Waals surface area contributed by atoms with E-state index in [4.69, 9.17) is 10.8 Å². The SMILES string of the molecule is C=C/C(CCc1ccc(N)cc1)=C(\C=C/C)C(=O)O. The molecule has 1 aromatic rings. The minimum absolute atomic E-state index is 0.299. The molecule has 0 amide bonds. The largest absolute Gasteiger partial charge is 0.478 e. The smallest absolute Gasteiger partial charge is 0.335 e. The molecule has 0 fully saturated rings. The van der Waals surface area contributed by atoms with Gasteiger partial charge in [-0.2, -0.15) is 0 Å². The Morgan fingerprint density at radius 2 is 2.00 bits per heavy atom. The Hall–Kier alpha value is -2.29. The van der Waals surface area contributed by atoms with Crippen LogP contribution in [0.4, 0.5) is 5.69 Å². The average molecular weight is 257 g/mol. The van der Waals surface area contributed by atoms with E-state index in [1.54, 1.807) is 25.2 Å². The van der Waals surface area contributed by atoms with Crippen LogP contribution >= 0.6 is 0 Å². The van der Waals surface area contributed by atoms with E-state index in [0.29, 0.717) is 12.0 Å². The Balaban J connectivity index is 2.87. The fourth-order valence-corrected chi connectivity index (χ4v) is 1.79. The van der Waals surface area contributed by atoms with Crippen molar-refractivity contribution in [2.45, 2.75) is 19.8 Å². The Morgan fingerprint density at radius 3 is 2.47 bits per heavy atom. The van der Waals surface area contributed by atoms with Crippen LogP contribution in [-0.4, -0.2) is 11.1 Å². The summed E-state index contributed by atoms with van der Waals surface area (Å²) in [7, 11) is 0. The zero-order valence-electron chi connectivity index (χ0n) is 11.1. The number of nitrogens with two attached hydrogens (primary N) is 1. The molecule has 0 aromatic heterocycles. The molecule has 19 heavy (non-hydrogen) atoms. The van der Waals surface area contributed by atoms with Crippen molar-refractivity contribution in [2.75, 3.05) is 5.73 Å². The highest BCUT2D eigenvalue weighted by atomic mass is 16.4. The maximum atomic E-state index is 11.2. The van der Waals surface area contributed by atoms with E-state index in [9.17, 15) is 4.79 Å². The minimum atomic E-state index is -0.926. The van der Waals surface area contributed by atoms with Gasteiger partial charge in [0.15, 0.2) is 0 Å². The van der Waals surface area contributed by atoms with Gasteiger partial charge in [0.05, 0.1) is 5.57 Å². The second kappa shape index (κ2) is 7.21. The molecule has 0 heterocycles. The average Bonchev–Trinajstić information content (AvgIpc) is 2.40. The van der Waals surface area contributed by atoms with Crippen molar-refractivity contribution in [3.05, 3.63) is 65.8 Å². The van der Waals surface area contributed by atoms with Crippen LogP contribution in [0.3, 0.4) is 0 Å². The zero-order valence-corrected chi connectivity index (χ0v) is 11.1. The normalized spacial score (nSPS) is 12.3. The van der Waals surface area contributed by atoms with Crippen LogP contribution in [0.15, 0.2) is 60.2 Å². The van der Waals surface area contributed by atoms with E-state index < -0.39 is 5.97 Å². The van der Waals surface area contributed by atoms with Crippen molar-refractivity contribution in [1.82, 2.24) is 0 Å². The van der Waals surface area contributed by atoms with Crippen molar-refractivity contribution < 1.29 is 9.90 Å². The molecule has 0 unspecified atom stereocenters. The molecule has 3 nitrogen and oxygen atoms in total. The van der Waals surface area contributed by atoms with Gasteiger partial charge in [-0.1, -0.05) is 36.9 Å². The van der Waals surface area contributed by atoms with Crippen LogP contribution in [0.25, 0.3) is 0 Å². The highest BCUT2D eigenvalue weighted by Crippen LogP contribution is 2.16. The fraction of sp³-hybridized carbons (Fsp3) is 0.188. The van der Waals surface area contributed by atoms with E-state index >= 15 is 0 Å². The summed E-state index contributed by atoms with van der Waals surface area (Å²) in [4.78, 5) is 11.2. The second-order valence-electron chi connectivity index (χ2n) is 4.19. The van der Waals surface area contributed by atoms with Crippen LogP contribution in [0.1, 0.15) is 18.9 Å². The van der Waals surface area contributed by atoms with Gasteiger partial charge in [0.1, 0.15) is 0 Å². The van der Waals surface area contributed by atoms with Crippen LogP contribution in [0.5, 0.6) is 0 Å². The molecular formula is C16H19NO2. The predicted molar refractivity (Wildman–Crippen MR) is 78.8 cm³/mol. The number of nitrogen functional groups attached to an aromatic ring is 1. The molecule has 0 aliphatic carbocycles. The molecule has 100 valence electrons. The van der Waals surface area contributed by atoms with Crippen molar-refractivity contribution in [3.8, 4) is 0 Å². The molecule has 0 saturated heterocycles. The molecule has 0 radical (unpaired) electrons. The first-order chi connectivity index (χ1) is 9.08. The third-order valence-corrected chi connectivity index (χ3v) is 2.82. The number of carboxylic acid groups (broad SMARTS) is 1. The Kier molecular flexibility index (Phi) is 5.61. The Labute approximate surface area is 113 Å². The lowest BCUT2D eigenvalue weighted by Crippen LogP contribution is -2.02. The number of aliphatic carboxylic acids is 1. The third kappa shape index (κ3) is 4.47. The van der Waals surface area contributed by atoms with Crippen LogP contribution < -0.4 is 5.73 Å². The summed E-state index contributed by atoms with van der Waals surface area (Å²) in [5.74, 6) is -0.926. The van der Waals surface area contributed by atoms with Gasteiger partial charge < -0.3 is 10.8 Å². The Morgan fingerprint density at radius 1 is 1.37 bits per heavy atom. The quantitative estimate of drug-likeness (QED) is 0.466. The van der Waals surface area contributed by atoms with Crippen molar-refractivity contribution in [2.24, 2.45) is 0 Å². The van der Waals surface area contributed by atoms with E-state index in [2.05, 4.69) is 6.58 Å². The molecule has 0 atom stereocenters. The van der Waals surface area contributed by atoms with Gasteiger partial charge in [0.25, 0.3) is 0 Å². The van der Waals surface area contributed by atoms with Gasteiger partial charge >= 0.3 is 5.97 Å². The third-order valence-electron chi connectivity index (χ3n) is 2.82. The summed E-state index contributed by atoms with van der Waals surface area (Å²) in [6.07, 6.45) is 6.33. The standard InChI is InChI=1S/C16H19NO2/c1-3-5-15(16(18)19)13(4-2)9-6-12-7-10-14(17)11-8-12/h3-5,7-8,10-11H,2,6,9,17H2,1H3,(H,18,19)/b5-3-,15-13-. The van der Waals surface area contributed by atoms with E-state index in [1.807, 2.05) is 24.3 Å². The Bertz CT molecular complexity index is 510. The lowest BCUT2D eigenvalue weighted by Gasteiger charge is -2.06. The first-order valence-corrected chi connectivity index (χ1v) is 6.14. The van der Waals surface area contributed by atoms with Crippen LogP contribution in [0.2, 0.25) is 0 Å². The van der Waals surface area contributed by atoms with Crippen molar-refractivity contribution in [1.29, 1.82) is 0 Å². The molecule has 0 aliphatic rings. The van der Waals surface area contributed by atoms with Crippen molar-refractivity contribution >= 4 is 11.7 Å². The molecular weight excluding hydrogens is 238 g/mol. The number of anilines is 1. The lowest BCUT2D eigenvalue weighted by molar-refractivity contribution is -0.132. The fourth-order valence-electron chi connectivity index (χ4n) is 1.79. The summed E-state index contributed by atoms with van der Waals surface area (Å²) in [6, 6.07) is 7.59. The van der Waals surface area contributed by atoms with E-state index in [-0.39, 0.29) is 0 Å². The monoisotopic (exact) mass is 257 g/mol. The minimum Gasteiger partial charge on any atom is -0.478 e. The molecule has 0 saturated carbocycles. The number of hydrogen-bond donors (Lipinski definition) is 2. The second-order valence-corrected chi connectivity index (χ2v) is 4.19. The molecule has 0 aliphatic heterocycles. The summed E-state index contributed by atoms with van der Waals surface area (Å²) in [5, 5.41) is 9.17. The molecule has 3 heteroatoms. The van der Waals surface area contributed by atoms with E-state index in [1.165, 1.54) is 0 Å². The number of hydrogen-bond acceptors (Lipinski definition) is 2. The number of rotatable bonds is 6. The molecule has 0 spiro atoms. The number of allylic oxidation sites excluding steroid dienone is 3. The maximum Gasteiger partial charge on any atom is 0.335 e. The van der Waals surface area contributed by atoms with Gasteiger partial charge in [-0.3, -0.25) is 0 Å². The summed E-state index contributed by atoms with van der Waals surface area (Å²) in [5.41, 5.74) is 8.51. The molecule has 3 N–H and O–H groups in total. The van der Waals surface area contributed by atoms with Gasteiger partial charge in [-0.15, -0.1) is 0 Å². The number of aryl methyl sites for hydroxylation is 1. The van der Waals surface area contributed by atoms with Crippen LogP contribution in [-0.2, 0) is 11.2 Å². The topological polar surface area (TPSA) is 63.3 Å². The van der Waals surface area contributed by atoms with E-state index in [0.717, 1.165) is 23.2 Å². The van der Waals surface area contributed by atoms with Crippen molar-refractivity contribution in [3.63, 3.8) is 0 Å². The zero-order chi connectivity index (χ0) is 14.3. The summed E-state index contributed by atoms with van der Waals surface area (Å²) < 4.78 is 0. The summed E-state index contributed by atoms with van der Waals surface area (Å²) >= 11 is 0. The summed E-state index contributed by atoms with van der Waals surface area (Å²) in [6.45, 7) is 5.49. The van der Waals surface area contributed by atoms with Gasteiger partial charge in [-0.05, 0) is 43.0 Å². The van der Waals surface area contributed by atoms with Gasteiger partial charge in [0.2, 0.25) is 0 Å². The number of carbonyl (C=O) groups is 1. The number of carboxylic acids is 1. The molecule has 1 rings (SSSR count). The molecule has 1 aromatic carbocycles.